The molecule has 0 bridgehead atoms. The summed E-state index contributed by atoms with van der Waals surface area (Å²) in [7, 11) is 0. The number of aryl methyl sites for hydroxylation is 2. The first-order valence-corrected chi connectivity index (χ1v) is 6.68. The van der Waals surface area contributed by atoms with Crippen LogP contribution < -0.4 is 4.74 Å². The van der Waals surface area contributed by atoms with Gasteiger partial charge >= 0.3 is 0 Å². The van der Waals surface area contributed by atoms with Gasteiger partial charge in [-0.3, -0.25) is 0 Å². The normalized spacial score (nSPS) is 10.4. The minimum atomic E-state index is 0.461. The Hall–Kier alpha value is -1.94. The van der Waals surface area contributed by atoms with Gasteiger partial charge in [0.2, 0.25) is 0 Å². The van der Waals surface area contributed by atoms with E-state index >= 15 is 0 Å². The number of hydrogen-bond donors (Lipinski definition) is 0. The first-order valence-electron chi connectivity index (χ1n) is 6.68. The zero-order valence-corrected chi connectivity index (χ0v) is 12.1. The van der Waals surface area contributed by atoms with E-state index in [1.165, 1.54) is 16.7 Å². The number of rotatable bonds is 4. The molecule has 1 heteroatoms. The molecule has 2 aromatic carbocycles. The molecule has 0 fully saturated rings. The maximum Gasteiger partial charge on any atom is 0.123 e. The maximum absolute atomic E-state index is 5.94. The molecule has 0 aromatic heterocycles. The molecule has 2 aromatic rings. The van der Waals surface area contributed by atoms with Crippen LogP contribution in [0.5, 0.6) is 5.75 Å². The predicted octanol–water partition coefficient (Wildman–Crippen LogP) is 4.61. The Balaban J connectivity index is 2.15. The summed E-state index contributed by atoms with van der Waals surface area (Å²) in [6.07, 6.45) is 0. The largest absolute Gasteiger partial charge is 0.488 e. The van der Waals surface area contributed by atoms with Crippen molar-refractivity contribution in [3.8, 4) is 5.75 Å². The second-order valence-corrected chi connectivity index (χ2v) is 5.31. The van der Waals surface area contributed by atoms with E-state index < -0.39 is 0 Å². The first-order chi connectivity index (χ1) is 9.06. The lowest BCUT2D eigenvalue weighted by Gasteiger charge is -2.14. The van der Waals surface area contributed by atoms with E-state index in [1.54, 1.807) is 0 Å². The van der Waals surface area contributed by atoms with Crippen molar-refractivity contribution in [2.75, 3.05) is 0 Å². The molecule has 0 aliphatic carbocycles. The van der Waals surface area contributed by atoms with Crippen LogP contribution in [0.2, 0.25) is 0 Å². The van der Waals surface area contributed by atoms with Gasteiger partial charge in [0.25, 0.3) is 0 Å². The van der Waals surface area contributed by atoms with Gasteiger partial charge in [0.05, 0.1) is 0 Å². The topological polar surface area (TPSA) is 9.23 Å². The minimum Gasteiger partial charge on any atom is -0.488 e. The molecular formula is C18H20O. The molecule has 0 aliphatic rings. The third-order valence-corrected chi connectivity index (χ3v) is 3.10. The van der Waals surface area contributed by atoms with Crippen LogP contribution in [0.3, 0.4) is 0 Å². The van der Waals surface area contributed by atoms with Gasteiger partial charge in [-0.15, -0.1) is 0 Å². The van der Waals surface area contributed by atoms with E-state index in [2.05, 4.69) is 64.1 Å². The Kier molecular flexibility index (Phi) is 4.12. The van der Waals surface area contributed by atoms with Crippen LogP contribution in [0.15, 0.2) is 30.3 Å². The van der Waals surface area contributed by atoms with Crippen LogP contribution in [0.1, 0.15) is 42.0 Å². The number of hydrogen-bond acceptors (Lipinski definition) is 1. The first kappa shape index (κ1) is 13.5. The third kappa shape index (κ3) is 3.51. The van der Waals surface area contributed by atoms with Crippen LogP contribution in [-0.2, 0) is 6.61 Å². The van der Waals surface area contributed by atoms with E-state index in [0.29, 0.717) is 12.5 Å². The van der Waals surface area contributed by atoms with Crippen LogP contribution >= 0.6 is 0 Å². The molecule has 0 amide bonds. The maximum atomic E-state index is 5.94. The quantitative estimate of drug-likeness (QED) is 0.772. The lowest BCUT2D eigenvalue weighted by Crippen LogP contribution is -2.00. The molecule has 0 unspecified atom stereocenters. The lowest BCUT2D eigenvalue weighted by molar-refractivity contribution is 0.301. The summed E-state index contributed by atoms with van der Waals surface area (Å²) in [5.74, 6) is 1.43. The Labute approximate surface area is 116 Å². The summed E-state index contributed by atoms with van der Waals surface area (Å²) >= 11 is 0. The highest BCUT2D eigenvalue weighted by atomic mass is 16.5. The molecule has 0 radical (unpaired) electrons. The molecule has 0 saturated heterocycles. The van der Waals surface area contributed by atoms with Gasteiger partial charge in [0.1, 0.15) is 12.4 Å². The van der Waals surface area contributed by atoms with Crippen molar-refractivity contribution >= 4 is 0 Å². The summed E-state index contributed by atoms with van der Waals surface area (Å²) in [6.45, 7) is 9.08. The fourth-order valence-electron chi connectivity index (χ4n) is 2.08. The average Bonchev–Trinajstić information content (AvgIpc) is 2.37. The van der Waals surface area contributed by atoms with Crippen LogP contribution in [-0.4, -0.2) is 0 Å². The second-order valence-electron chi connectivity index (χ2n) is 5.31. The third-order valence-electron chi connectivity index (χ3n) is 3.10. The Morgan fingerprint density at radius 1 is 1.11 bits per heavy atom. The minimum absolute atomic E-state index is 0.461. The highest BCUT2D eigenvalue weighted by molar-refractivity contribution is 5.39. The summed E-state index contributed by atoms with van der Waals surface area (Å²) in [6, 6.07) is 16.5. The van der Waals surface area contributed by atoms with Crippen molar-refractivity contribution < 1.29 is 4.74 Å². The van der Waals surface area contributed by atoms with E-state index in [1.807, 2.05) is 6.07 Å². The van der Waals surface area contributed by atoms with Crippen molar-refractivity contribution in [2.45, 2.75) is 40.2 Å². The van der Waals surface area contributed by atoms with Gasteiger partial charge in [-0.25, -0.2) is 0 Å². The molecule has 19 heavy (non-hydrogen) atoms. The summed E-state index contributed by atoms with van der Waals surface area (Å²) < 4.78 is 5.94. The monoisotopic (exact) mass is 252 g/mol. The van der Waals surface area contributed by atoms with Crippen molar-refractivity contribution in [1.82, 2.24) is 0 Å². The van der Waals surface area contributed by atoms with Crippen LogP contribution in [0.4, 0.5) is 0 Å². The zero-order chi connectivity index (χ0) is 13.8. The molecule has 1 nitrogen and oxygen atoms in total. The van der Waals surface area contributed by atoms with E-state index in [0.717, 1.165) is 11.3 Å². The zero-order valence-electron chi connectivity index (χ0n) is 12.1. The fourth-order valence-corrected chi connectivity index (χ4v) is 2.08. The number of benzene rings is 1. The summed E-state index contributed by atoms with van der Waals surface area (Å²) in [4.78, 5) is 0. The van der Waals surface area contributed by atoms with Gasteiger partial charge in [-0.2, -0.15) is 0 Å². The average molecular weight is 252 g/mol. The van der Waals surface area contributed by atoms with Crippen molar-refractivity contribution in [1.29, 1.82) is 0 Å². The molecule has 0 N–H and O–H groups in total. The van der Waals surface area contributed by atoms with Crippen molar-refractivity contribution in [3.05, 3.63) is 64.7 Å². The van der Waals surface area contributed by atoms with Crippen LogP contribution in [0, 0.1) is 26.0 Å². The molecule has 0 spiro atoms. The lowest BCUT2D eigenvalue weighted by atomic mass is 10.00. The Morgan fingerprint density at radius 2 is 1.89 bits per heavy atom. The SMILES string of the molecule is Cc1cc#cc(COc2ccc(C)cc2C(C)C)c1. The highest BCUT2D eigenvalue weighted by Crippen LogP contribution is 2.28. The Morgan fingerprint density at radius 3 is 2.58 bits per heavy atom. The molecular weight excluding hydrogens is 232 g/mol. The van der Waals surface area contributed by atoms with Crippen molar-refractivity contribution in [3.63, 3.8) is 0 Å². The predicted molar refractivity (Wildman–Crippen MR) is 78.5 cm³/mol. The Bertz CT molecular complexity index is 555. The molecule has 0 heterocycles. The van der Waals surface area contributed by atoms with E-state index in [4.69, 9.17) is 4.74 Å². The molecule has 0 saturated carbocycles. The van der Waals surface area contributed by atoms with Gasteiger partial charge in [-0.05, 0) is 49.1 Å². The number of ether oxygens (including phenoxy) is 1. The fraction of sp³-hybridized carbons (Fsp3) is 0.333. The smallest absolute Gasteiger partial charge is 0.123 e. The molecule has 0 atom stereocenters. The second kappa shape index (κ2) is 5.80. The molecule has 2 rings (SSSR count). The summed E-state index contributed by atoms with van der Waals surface area (Å²) in [5.41, 5.74) is 4.75. The van der Waals surface area contributed by atoms with E-state index in [9.17, 15) is 0 Å². The van der Waals surface area contributed by atoms with Gasteiger partial charge in [0, 0.05) is 5.56 Å². The van der Waals surface area contributed by atoms with Crippen LogP contribution in [0.25, 0.3) is 0 Å². The summed E-state index contributed by atoms with van der Waals surface area (Å²) in [5, 5.41) is 0. The van der Waals surface area contributed by atoms with Crippen molar-refractivity contribution in [2.24, 2.45) is 0 Å². The van der Waals surface area contributed by atoms with Gasteiger partial charge in [0.15, 0.2) is 0 Å². The van der Waals surface area contributed by atoms with E-state index in [-0.39, 0.29) is 0 Å². The van der Waals surface area contributed by atoms with Gasteiger partial charge < -0.3 is 4.74 Å². The highest BCUT2D eigenvalue weighted by Gasteiger charge is 2.08. The molecule has 98 valence electrons. The van der Waals surface area contributed by atoms with Gasteiger partial charge in [-0.1, -0.05) is 43.7 Å². The standard InChI is InChI=1S/C18H20O/c1-13(2)17-11-15(4)8-9-18(17)19-12-16-7-5-6-14(3)10-16/h6,8-11,13H,12H2,1-4H3. The molecule has 0 aliphatic heterocycles.